The van der Waals surface area contributed by atoms with E-state index in [-0.39, 0.29) is 18.9 Å². The second kappa shape index (κ2) is 6.89. The molecule has 0 bridgehead atoms. The van der Waals surface area contributed by atoms with Gasteiger partial charge in [0.25, 0.3) is 0 Å². The third kappa shape index (κ3) is 4.07. The van der Waals surface area contributed by atoms with Gasteiger partial charge in [-0.05, 0) is 48.9 Å². The number of rotatable bonds is 3. The van der Waals surface area contributed by atoms with Crippen LogP contribution in [0.2, 0.25) is 5.02 Å². The minimum atomic E-state index is -1.27. The Morgan fingerprint density at radius 2 is 1.50 bits per heavy atom. The molecule has 98 valence electrons. The van der Waals surface area contributed by atoms with E-state index in [1.165, 1.54) is 0 Å². The van der Waals surface area contributed by atoms with Crippen molar-refractivity contribution in [3.63, 3.8) is 0 Å². The topological polar surface area (TPSA) is 29.5 Å². The molecule has 2 aromatic carbocycles. The number of halogens is 1. The van der Waals surface area contributed by atoms with E-state index in [9.17, 15) is 5.11 Å². The monoisotopic (exact) mass is 280 g/mol. The van der Waals surface area contributed by atoms with E-state index in [1.54, 1.807) is 55.5 Å². The van der Waals surface area contributed by atoms with Gasteiger partial charge in [0.2, 0.25) is 0 Å². The van der Waals surface area contributed by atoms with Crippen LogP contribution >= 0.6 is 11.6 Å². The van der Waals surface area contributed by atoms with Crippen LogP contribution < -0.4 is 4.74 Å². The molecule has 2 aromatic rings. The SMILES string of the molecule is C#CC(C)(O)c1ccc(Oc2ccc(Cl)cc2)cc1.[LiH]. The van der Waals surface area contributed by atoms with Crippen LogP contribution in [0.15, 0.2) is 48.5 Å². The van der Waals surface area contributed by atoms with Crippen molar-refractivity contribution >= 4 is 30.5 Å². The summed E-state index contributed by atoms with van der Waals surface area (Å²) in [6.45, 7) is 1.57. The molecule has 0 aliphatic heterocycles. The van der Waals surface area contributed by atoms with Crippen LogP contribution in [0.25, 0.3) is 0 Å². The first-order valence-electron chi connectivity index (χ1n) is 5.75. The molecule has 0 heterocycles. The molecule has 2 nitrogen and oxygen atoms in total. The molecule has 0 spiro atoms. The van der Waals surface area contributed by atoms with E-state index in [4.69, 9.17) is 22.8 Å². The van der Waals surface area contributed by atoms with E-state index in [0.717, 1.165) is 0 Å². The van der Waals surface area contributed by atoms with Crippen molar-refractivity contribution < 1.29 is 9.84 Å². The fraction of sp³-hybridized carbons (Fsp3) is 0.125. The zero-order valence-corrected chi connectivity index (χ0v) is 11.2. The molecule has 0 radical (unpaired) electrons. The van der Waals surface area contributed by atoms with Crippen LogP contribution in [0.4, 0.5) is 0 Å². The maximum atomic E-state index is 9.91. The van der Waals surface area contributed by atoms with Gasteiger partial charge in [-0.25, -0.2) is 0 Å². The summed E-state index contributed by atoms with van der Waals surface area (Å²) in [4.78, 5) is 0. The molecule has 2 rings (SSSR count). The van der Waals surface area contributed by atoms with Gasteiger partial charge >= 0.3 is 18.9 Å². The summed E-state index contributed by atoms with van der Waals surface area (Å²) in [6.07, 6.45) is 5.27. The first-order chi connectivity index (χ1) is 9.01. The first-order valence-corrected chi connectivity index (χ1v) is 6.13. The summed E-state index contributed by atoms with van der Waals surface area (Å²) >= 11 is 5.80. The second-order valence-electron chi connectivity index (χ2n) is 4.30. The molecule has 0 fully saturated rings. The number of benzene rings is 2. The number of aliphatic hydroxyl groups is 1. The van der Waals surface area contributed by atoms with Crippen LogP contribution in [-0.4, -0.2) is 24.0 Å². The van der Waals surface area contributed by atoms with Crippen molar-refractivity contribution in [1.29, 1.82) is 0 Å². The number of hydrogen-bond acceptors (Lipinski definition) is 2. The van der Waals surface area contributed by atoms with Gasteiger partial charge in [-0.1, -0.05) is 29.7 Å². The Balaban J connectivity index is 0.00000200. The third-order valence-corrected chi connectivity index (χ3v) is 3.00. The molecule has 1 N–H and O–H groups in total. The Morgan fingerprint density at radius 1 is 1.05 bits per heavy atom. The van der Waals surface area contributed by atoms with Gasteiger partial charge in [0.05, 0.1) is 0 Å². The van der Waals surface area contributed by atoms with Crippen molar-refractivity contribution in [3.8, 4) is 23.8 Å². The number of terminal acetylenes is 1. The van der Waals surface area contributed by atoms with Gasteiger partial charge in [-0.3, -0.25) is 0 Å². The number of ether oxygens (including phenoxy) is 1. The average molecular weight is 281 g/mol. The molecule has 0 saturated carbocycles. The summed E-state index contributed by atoms with van der Waals surface area (Å²) in [5.74, 6) is 3.69. The van der Waals surface area contributed by atoms with Gasteiger partial charge in [-0.15, -0.1) is 6.42 Å². The summed E-state index contributed by atoms with van der Waals surface area (Å²) in [5.41, 5.74) is -0.614. The molecule has 4 heteroatoms. The van der Waals surface area contributed by atoms with Gasteiger partial charge in [0.15, 0.2) is 0 Å². The maximum absolute atomic E-state index is 9.91. The van der Waals surface area contributed by atoms with Gasteiger partial charge in [0.1, 0.15) is 17.1 Å². The fourth-order valence-corrected chi connectivity index (χ4v) is 1.70. The van der Waals surface area contributed by atoms with Crippen LogP contribution in [0.5, 0.6) is 11.5 Å². The molecule has 0 aromatic heterocycles. The Morgan fingerprint density at radius 3 is 1.95 bits per heavy atom. The Labute approximate surface area is 135 Å². The zero-order chi connectivity index (χ0) is 13.9. The predicted octanol–water partition coefficient (Wildman–Crippen LogP) is 3.32. The third-order valence-electron chi connectivity index (χ3n) is 2.75. The Kier molecular flexibility index (Phi) is 5.75. The summed E-state index contributed by atoms with van der Waals surface area (Å²) < 4.78 is 5.64. The Bertz CT molecular complexity index is 598. The van der Waals surface area contributed by atoms with Crippen LogP contribution in [0, 0.1) is 12.3 Å². The molecule has 0 aliphatic rings. The minimum absolute atomic E-state index is 0. The molecular formula is C16H14ClLiO2. The van der Waals surface area contributed by atoms with Gasteiger partial charge < -0.3 is 9.84 Å². The van der Waals surface area contributed by atoms with Gasteiger partial charge in [-0.2, -0.15) is 0 Å². The van der Waals surface area contributed by atoms with Crippen molar-refractivity contribution in [2.24, 2.45) is 0 Å². The summed E-state index contributed by atoms with van der Waals surface area (Å²) in [7, 11) is 0. The molecule has 0 saturated heterocycles. The van der Waals surface area contributed by atoms with E-state index in [0.29, 0.717) is 22.1 Å². The van der Waals surface area contributed by atoms with Crippen molar-refractivity contribution in [2.75, 3.05) is 0 Å². The Hall–Kier alpha value is -1.35. The standard InChI is InChI=1S/C16H13ClO2.Li.H/c1-3-16(2,18)12-4-8-14(9-5-12)19-15-10-6-13(17)7-11-15;;/h1,4-11,18H,2H3;;. The predicted molar refractivity (Wildman–Crippen MR) is 83.5 cm³/mol. The quantitative estimate of drug-likeness (QED) is 0.690. The number of hydrogen-bond donors (Lipinski definition) is 1. The normalized spacial score (nSPS) is 12.7. The van der Waals surface area contributed by atoms with E-state index in [1.807, 2.05) is 0 Å². The zero-order valence-electron chi connectivity index (χ0n) is 10.4. The van der Waals surface area contributed by atoms with Crippen molar-refractivity contribution in [2.45, 2.75) is 12.5 Å². The second-order valence-corrected chi connectivity index (χ2v) is 4.73. The molecule has 0 amide bonds. The summed E-state index contributed by atoms with van der Waals surface area (Å²) in [5, 5.41) is 10.6. The van der Waals surface area contributed by atoms with Crippen LogP contribution in [0.1, 0.15) is 12.5 Å². The molecule has 20 heavy (non-hydrogen) atoms. The molecule has 0 aliphatic carbocycles. The molecule has 1 unspecified atom stereocenters. The average Bonchev–Trinajstić information content (AvgIpc) is 2.42. The van der Waals surface area contributed by atoms with E-state index in [2.05, 4.69) is 5.92 Å². The van der Waals surface area contributed by atoms with Crippen LogP contribution in [0.3, 0.4) is 0 Å². The van der Waals surface area contributed by atoms with E-state index >= 15 is 0 Å². The molecular weight excluding hydrogens is 267 g/mol. The first kappa shape index (κ1) is 16.7. The molecule has 1 atom stereocenters. The summed E-state index contributed by atoms with van der Waals surface area (Å²) in [6, 6.07) is 14.1. The fourth-order valence-electron chi connectivity index (χ4n) is 1.57. The van der Waals surface area contributed by atoms with Crippen LogP contribution in [-0.2, 0) is 5.60 Å². The van der Waals surface area contributed by atoms with Gasteiger partial charge in [0, 0.05) is 5.02 Å². The van der Waals surface area contributed by atoms with E-state index < -0.39 is 5.60 Å². The van der Waals surface area contributed by atoms with Crippen molar-refractivity contribution in [3.05, 3.63) is 59.1 Å². The van der Waals surface area contributed by atoms with Crippen molar-refractivity contribution in [1.82, 2.24) is 0 Å².